The summed E-state index contributed by atoms with van der Waals surface area (Å²) < 4.78 is 0. The molecule has 0 aliphatic heterocycles. The summed E-state index contributed by atoms with van der Waals surface area (Å²) >= 11 is 0. The molecule has 0 fully saturated rings. The van der Waals surface area contributed by atoms with Crippen LogP contribution in [-0.2, 0) is 6.42 Å². The summed E-state index contributed by atoms with van der Waals surface area (Å²) in [5.74, 6) is 0. The second kappa shape index (κ2) is 4.10. The molecule has 0 aliphatic carbocycles. The Morgan fingerprint density at radius 1 is 0.941 bits per heavy atom. The van der Waals surface area contributed by atoms with Crippen LogP contribution in [0.1, 0.15) is 12.5 Å². The molecule has 0 amide bonds. The third-order valence-corrected chi connectivity index (χ3v) is 3.18. The van der Waals surface area contributed by atoms with Gasteiger partial charge in [-0.3, -0.25) is 0 Å². The van der Waals surface area contributed by atoms with Crippen LogP contribution in [0.15, 0.2) is 54.6 Å². The van der Waals surface area contributed by atoms with Crippen LogP contribution in [0.25, 0.3) is 22.2 Å². The Bertz CT molecular complexity index is 635. The monoisotopic (exact) mass is 221 g/mol. The van der Waals surface area contributed by atoms with Gasteiger partial charge < -0.3 is 4.98 Å². The van der Waals surface area contributed by atoms with Crippen molar-refractivity contribution < 1.29 is 0 Å². The van der Waals surface area contributed by atoms with E-state index in [0.29, 0.717) is 0 Å². The Morgan fingerprint density at radius 2 is 1.76 bits per heavy atom. The molecule has 0 unspecified atom stereocenters. The molecule has 1 aromatic heterocycles. The largest absolute Gasteiger partial charge is 0.355 e. The van der Waals surface area contributed by atoms with Gasteiger partial charge in [-0.05, 0) is 35.7 Å². The Labute approximate surface area is 101 Å². The van der Waals surface area contributed by atoms with E-state index >= 15 is 0 Å². The quantitative estimate of drug-likeness (QED) is 0.660. The molecule has 2 aromatic carbocycles. The summed E-state index contributed by atoms with van der Waals surface area (Å²) in [6.45, 7) is 2.19. The van der Waals surface area contributed by atoms with Crippen molar-refractivity contribution >= 4 is 10.9 Å². The van der Waals surface area contributed by atoms with Gasteiger partial charge in [0.25, 0.3) is 0 Å². The SMILES string of the molecule is CCc1ccc2[nH]c(-c3ccccc3)cc2c1. The van der Waals surface area contributed by atoms with Crippen molar-refractivity contribution in [3.63, 3.8) is 0 Å². The lowest BCUT2D eigenvalue weighted by atomic mass is 10.1. The van der Waals surface area contributed by atoms with Crippen LogP contribution >= 0.6 is 0 Å². The normalized spacial score (nSPS) is 10.9. The number of aromatic nitrogens is 1. The van der Waals surface area contributed by atoms with Gasteiger partial charge >= 0.3 is 0 Å². The van der Waals surface area contributed by atoms with Crippen LogP contribution in [0.5, 0.6) is 0 Å². The van der Waals surface area contributed by atoms with Crippen LogP contribution in [0.4, 0.5) is 0 Å². The highest BCUT2D eigenvalue weighted by molar-refractivity contribution is 5.86. The van der Waals surface area contributed by atoms with Crippen molar-refractivity contribution in [2.24, 2.45) is 0 Å². The minimum absolute atomic E-state index is 1.09. The van der Waals surface area contributed by atoms with E-state index in [1.807, 2.05) is 6.07 Å². The highest BCUT2D eigenvalue weighted by atomic mass is 14.7. The Balaban J connectivity index is 2.14. The minimum atomic E-state index is 1.09. The van der Waals surface area contributed by atoms with Gasteiger partial charge in [-0.25, -0.2) is 0 Å². The van der Waals surface area contributed by atoms with E-state index in [1.54, 1.807) is 0 Å². The molecule has 3 rings (SSSR count). The van der Waals surface area contributed by atoms with Crippen LogP contribution in [0.3, 0.4) is 0 Å². The molecule has 0 spiro atoms. The molecule has 84 valence electrons. The summed E-state index contributed by atoms with van der Waals surface area (Å²) in [6, 6.07) is 19.3. The number of H-pyrrole nitrogens is 1. The van der Waals surface area contributed by atoms with Gasteiger partial charge in [0.15, 0.2) is 0 Å². The number of fused-ring (bicyclic) bond motifs is 1. The van der Waals surface area contributed by atoms with E-state index in [0.717, 1.165) is 6.42 Å². The standard InChI is InChI=1S/C16H15N/c1-2-12-8-9-15-14(10-12)11-16(17-15)13-6-4-3-5-7-13/h3-11,17H,2H2,1H3. The van der Waals surface area contributed by atoms with Crippen molar-refractivity contribution in [3.8, 4) is 11.3 Å². The lowest BCUT2D eigenvalue weighted by Crippen LogP contribution is -1.77. The number of rotatable bonds is 2. The zero-order valence-electron chi connectivity index (χ0n) is 9.90. The molecule has 0 bridgehead atoms. The maximum Gasteiger partial charge on any atom is 0.0464 e. The molecule has 0 saturated heterocycles. The molecule has 1 N–H and O–H groups in total. The van der Waals surface area contributed by atoms with Crippen LogP contribution in [0, 0.1) is 0 Å². The number of aryl methyl sites for hydroxylation is 1. The second-order valence-electron chi connectivity index (χ2n) is 4.32. The third kappa shape index (κ3) is 1.84. The maximum atomic E-state index is 3.46. The van der Waals surface area contributed by atoms with Crippen molar-refractivity contribution in [3.05, 3.63) is 60.2 Å². The van der Waals surface area contributed by atoms with E-state index in [4.69, 9.17) is 0 Å². The molecule has 1 heteroatoms. The van der Waals surface area contributed by atoms with E-state index in [9.17, 15) is 0 Å². The van der Waals surface area contributed by atoms with Crippen molar-refractivity contribution in [2.45, 2.75) is 13.3 Å². The molecule has 3 aromatic rings. The molecule has 0 aliphatic rings. The molecule has 0 radical (unpaired) electrons. The van der Waals surface area contributed by atoms with Crippen LogP contribution < -0.4 is 0 Å². The zero-order valence-corrected chi connectivity index (χ0v) is 9.90. The zero-order chi connectivity index (χ0) is 11.7. The average Bonchev–Trinajstić information content (AvgIpc) is 2.82. The fourth-order valence-electron chi connectivity index (χ4n) is 2.18. The van der Waals surface area contributed by atoms with E-state index in [-0.39, 0.29) is 0 Å². The summed E-state index contributed by atoms with van der Waals surface area (Å²) in [6.07, 6.45) is 1.09. The van der Waals surface area contributed by atoms with Crippen molar-refractivity contribution in [1.82, 2.24) is 4.98 Å². The number of hydrogen-bond acceptors (Lipinski definition) is 0. The first kappa shape index (κ1) is 10.2. The lowest BCUT2D eigenvalue weighted by Gasteiger charge is -1.95. The van der Waals surface area contributed by atoms with E-state index in [2.05, 4.69) is 60.4 Å². The number of nitrogens with one attached hydrogen (secondary N) is 1. The predicted molar refractivity (Wildman–Crippen MR) is 73.1 cm³/mol. The van der Waals surface area contributed by atoms with Gasteiger partial charge in [-0.2, -0.15) is 0 Å². The smallest absolute Gasteiger partial charge is 0.0464 e. The van der Waals surface area contributed by atoms with E-state index in [1.165, 1.54) is 27.7 Å². The molecular formula is C16H15N. The van der Waals surface area contributed by atoms with E-state index < -0.39 is 0 Å². The Morgan fingerprint density at radius 3 is 2.53 bits per heavy atom. The molecule has 1 nitrogen and oxygen atoms in total. The molecule has 1 heterocycles. The average molecular weight is 221 g/mol. The van der Waals surface area contributed by atoms with Crippen molar-refractivity contribution in [2.75, 3.05) is 0 Å². The summed E-state index contributed by atoms with van der Waals surface area (Å²) in [4.78, 5) is 3.46. The first-order chi connectivity index (χ1) is 8.36. The van der Waals surface area contributed by atoms with Gasteiger partial charge in [0.2, 0.25) is 0 Å². The Hall–Kier alpha value is -2.02. The maximum absolute atomic E-state index is 3.46. The fraction of sp³-hybridized carbons (Fsp3) is 0.125. The highest BCUT2D eigenvalue weighted by Gasteiger charge is 2.02. The number of benzene rings is 2. The van der Waals surface area contributed by atoms with Gasteiger partial charge in [0, 0.05) is 16.6 Å². The second-order valence-corrected chi connectivity index (χ2v) is 4.32. The Kier molecular flexibility index (Phi) is 2.45. The first-order valence-electron chi connectivity index (χ1n) is 6.04. The molecule has 0 saturated carbocycles. The number of aromatic amines is 1. The first-order valence-corrected chi connectivity index (χ1v) is 6.04. The summed E-state index contributed by atoms with van der Waals surface area (Å²) in [5.41, 5.74) is 5.02. The van der Waals surface area contributed by atoms with Gasteiger partial charge in [-0.15, -0.1) is 0 Å². The van der Waals surface area contributed by atoms with Gasteiger partial charge in [0.1, 0.15) is 0 Å². The summed E-state index contributed by atoms with van der Waals surface area (Å²) in [5, 5.41) is 1.29. The molecular weight excluding hydrogens is 206 g/mol. The topological polar surface area (TPSA) is 15.8 Å². The number of hydrogen-bond donors (Lipinski definition) is 1. The minimum Gasteiger partial charge on any atom is -0.355 e. The predicted octanol–water partition coefficient (Wildman–Crippen LogP) is 4.40. The molecule has 17 heavy (non-hydrogen) atoms. The van der Waals surface area contributed by atoms with Crippen LogP contribution in [-0.4, -0.2) is 4.98 Å². The third-order valence-electron chi connectivity index (χ3n) is 3.18. The lowest BCUT2D eigenvalue weighted by molar-refractivity contribution is 1.15. The fourth-order valence-corrected chi connectivity index (χ4v) is 2.18. The van der Waals surface area contributed by atoms with Gasteiger partial charge in [0.05, 0.1) is 0 Å². The van der Waals surface area contributed by atoms with Crippen molar-refractivity contribution in [1.29, 1.82) is 0 Å². The highest BCUT2D eigenvalue weighted by Crippen LogP contribution is 2.24. The summed E-state index contributed by atoms with van der Waals surface area (Å²) in [7, 11) is 0. The molecule has 0 atom stereocenters. The van der Waals surface area contributed by atoms with Crippen LogP contribution in [0.2, 0.25) is 0 Å². The van der Waals surface area contributed by atoms with Gasteiger partial charge in [-0.1, -0.05) is 43.3 Å².